The summed E-state index contributed by atoms with van der Waals surface area (Å²) in [5.74, 6) is -2.93. The lowest BCUT2D eigenvalue weighted by Gasteiger charge is -2.45. The summed E-state index contributed by atoms with van der Waals surface area (Å²) in [6.45, 7) is 1.44. The maximum Gasteiger partial charge on any atom is 0.382 e. The van der Waals surface area contributed by atoms with E-state index < -0.39 is 52.9 Å². The number of nitrogens with zero attached hydrogens (tertiary/aromatic N) is 2. The molecule has 9 nitrogen and oxygen atoms in total. The second-order valence-electron chi connectivity index (χ2n) is 6.14. The molecule has 2 saturated heterocycles. The fraction of sp³-hybridized carbons (Fsp3) is 0.438. The zero-order valence-corrected chi connectivity index (χ0v) is 13.3. The highest BCUT2D eigenvalue weighted by Crippen LogP contribution is 2.40. The van der Waals surface area contributed by atoms with E-state index in [0.717, 1.165) is 4.90 Å². The maximum absolute atomic E-state index is 12.4. The van der Waals surface area contributed by atoms with E-state index in [2.05, 4.69) is 0 Å². The number of Topliss-reactive ketones (excluding diaryl/α,β-unsaturated/α-hetero) is 1. The van der Waals surface area contributed by atoms with Gasteiger partial charge in [-0.15, -0.1) is 0 Å². The molecule has 1 aromatic carbocycles. The van der Waals surface area contributed by atoms with Gasteiger partial charge in [0.05, 0.1) is 28.6 Å². The zero-order valence-electron chi connectivity index (χ0n) is 13.3. The molecule has 1 N–H and O–H groups in total. The molecule has 0 bridgehead atoms. The number of rotatable bonds is 5. The lowest BCUT2D eigenvalue weighted by Crippen LogP contribution is -2.65. The maximum atomic E-state index is 12.4. The van der Waals surface area contributed by atoms with E-state index in [4.69, 9.17) is 4.74 Å². The second-order valence-corrected chi connectivity index (χ2v) is 6.14. The van der Waals surface area contributed by atoms with Crippen LogP contribution in [0, 0.1) is 16.0 Å². The van der Waals surface area contributed by atoms with E-state index in [0.29, 0.717) is 0 Å². The van der Waals surface area contributed by atoms with E-state index in [-0.39, 0.29) is 12.0 Å². The number of fused-ring (bicyclic) bond motifs is 1. The lowest BCUT2D eigenvalue weighted by molar-refractivity contribution is -0.576. The number of ketones is 1. The zero-order chi connectivity index (χ0) is 18.3. The van der Waals surface area contributed by atoms with Gasteiger partial charge in [0, 0.05) is 6.42 Å². The molecule has 2 aliphatic rings. The summed E-state index contributed by atoms with van der Waals surface area (Å²) in [5, 5.41) is 20.8. The van der Waals surface area contributed by atoms with Crippen molar-refractivity contribution in [1.82, 2.24) is 4.90 Å². The van der Waals surface area contributed by atoms with Crippen molar-refractivity contribution in [3.63, 3.8) is 0 Å². The first kappa shape index (κ1) is 17.0. The number of carbonyl (C=O) groups excluding carboxylic acids is 3. The predicted molar refractivity (Wildman–Crippen MR) is 81.5 cm³/mol. The molecule has 2 unspecified atom stereocenters. The summed E-state index contributed by atoms with van der Waals surface area (Å²) in [6.07, 6.45) is -2.77. The first-order chi connectivity index (χ1) is 11.8. The minimum atomic E-state index is -1.76. The van der Waals surface area contributed by atoms with Gasteiger partial charge in [-0.2, -0.15) is 0 Å². The Bertz CT molecular complexity index is 733. The van der Waals surface area contributed by atoms with E-state index >= 15 is 0 Å². The fourth-order valence-electron chi connectivity index (χ4n) is 3.41. The average molecular weight is 348 g/mol. The van der Waals surface area contributed by atoms with Crippen molar-refractivity contribution in [2.45, 2.75) is 37.8 Å². The normalized spacial score (nSPS) is 27.3. The molecule has 5 atom stereocenters. The third-order valence-corrected chi connectivity index (χ3v) is 4.55. The van der Waals surface area contributed by atoms with Gasteiger partial charge in [0.1, 0.15) is 0 Å². The smallest absolute Gasteiger partial charge is 0.382 e. The van der Waals surface area contributed by atoms with Crippen molar-refractivity contribution in [3.05, 3.63) is 46.0 Å². The van der Waals surface area contributed by atoms with Crippen molar-refractivity contribution in [1.29, 1.82) is 0 Å². The van der Waals surface area contributed by atoms with Gasteiger partial charge in [-0.25, -0.2) is 4.79 Å². The van der Waals surface area contributed by atoms with Gasteiger partial charge in [-0.1, -0.05) is 18.2 Å². The van der Waals surface area contributed by atoms with Crippen LogP contribution in [0.2, 0.25) is 0 Å². The molecule has 3 rings (SSSR count). The van der Waals surface area contributed by atoms with Crippen molar-refractivity contribution >= 4 is 17.7 Å². The molecule has 2 fully saturated rings. The van der Waals surface area contributed by atoms with E-state index in [9.17, 15) is 29.6 Å². The predicted octanol–water partition coefficient (Wildman–Crippen LogP) is 0.0543. The number of β-lactam (4-membered cyclic amide) rings is 1. The average Bonchev–Trinajstić information content (AvgIpc) is 2.85. The van der Waals surface area contributed by atoms with Crippen molar-refractivity contribution in [2.75, 3.05) is 0 Å². The molecular formula is C16H16N2O7. The van der Waals surface area contributed by atoms with E-state index in [1.165, 1.54) is 19.1 Å². The Morgan fingerprint density at radius 1 is 1.36 bits per heavy atom. The monoisotopic (exact) mass is 348 g/mol. The molecule has 0 radical (unpaired) electrons. The largest absolute Gasteiger partial charge is 0.393 e. The van der Waals surface area contributed by atoms with Crippen LogP contribution in [0.1, 0.15) is 25.1 Å². The van der Waals surface area contributed by atoms with Gasteiger partial charge in [0.2, 0.25) is 5.91 Å². The first-order valence-electron chi connectivity index (χ1n) is 7.74. The number of aliphatic hydroxyl groups excluding tert-OH is 1. The molecule has 0 spiro atoms. The number of aliphatic hydroxyl groups is 1. The van der Waals surface area contributed by atoms with Gasteiger partial charge in [0.25, 0.3) is 0 Å². The van der Waals surface area contributed by atoms with Crippen LogP contribution >= 0.6 is 0 Å². The molecular weight excluding hydrogens is 332 g/mol. The van der Waals surface area contributed by atoms with Gasteiger partial charge in [0.15, 0.2) is 11.8 Å². The van der Waals surface area contributed by atoms with Gasteiger partial charge >= 0.3 is 12.2 Å². The molecule has 0 aromatic heterocycles. The van der Waals surface area contributed by atoms with Gasteiger partial charge in [-0.05, 0) is 19.1 Å². The second kappa shape index (κ2) is 6.25. The Morgan fingerprint density at radius 3 is 2.56 bits per heavy atom. The topological polar surface area (TPSA) is 127 Å². The number of hydrogen-bond donors (Lipinski definition) is 1. The van der Waals surface area contributed by atoms with Crippen LogP contribution < -0.4 is 0 Å². The Labute approximate surface area is 142 Å². The SMILES string of the molecule is C[C@@H](O)[C@H]1C(=O)N2C(C(=O)OC(c3ccccc3)[N+](=O)[O-])C(=O)C[C@H]12. The quantitative estimate of drug-likeness (QED) is 0.199. The highest BCUT2D eigenvalue weighted by Gasteiger charge is 2.61. The minimum Gasteiger partial charge on any atom is -0.393 e. The lowest BCUT2D eigenvalue weighted by atomic mass is 9.84. The molecule has 2 aliphatic heterocycles. The summed E-state index contributed by atoms with van der Waals surface area (Å²) < 4.78 is 4.93. The number of amides is 1. The molecule has 132 valence electrons. The van der Waals surface area contributed by atoms with Crippen LogP contribution in [-0.2, 0) is 19.1 Å². The van der Waals surface area contributed by atoms with Crippen LogP contribution in [0.5, 0.6) is 0 Å². The van der Waals surface area contributed by atoms with Crippen molar-refractivity contribution in [3.8, 4) is 0 Å². The Morgan fingerprint density at radius 2 is 2.00 bits per heavy atom. The summed E-state index contributed by atoms with van der Waals surface area (Å²) >= 11 is 0. The minimum absolute atomic E-state index is 0.0739. The molecule has 1 amide bonds. The van der Waals surface area contributed by atoms with E-state index in [1.807, 2.05) is 0 Å². The first-order valence-corrected chi connectivity index (χ1v) is 7.74. The van der Waals surface area contributed by atoms with Crippen LogP contribution in [0.25, 0.3) is 0 Å². The van der Waals surface area contributed by atoms with Crippen LogP contribution in [-0.4, -0.2) is 50.8 Å². The Hall–Kier alpha value is -2.81. The van der Waals surface area contributed by atoms with Gasteiger partial charge in [-0.3, -0.25) is 19.7 Å². The molecule has 0 saturated carbocycles. The van der Waals surface area contributed by atoms with Crippen molar-refractivity contribution < 1.29 is 29.2 Å². The summed E-state index contributed by atoms with van der Waals surface area (Å²) in [5.41, 5.74) is 0.152. The number of nitro groups is 1. The number of ether oxygens (including phenoxy) is 1. The van der Waals surface area contributed by atoms with Crippen LogP contribution in [0.3, 0.4) is 0 Å². The molecule has 0 aliphatic carbocycles. The fourth-order valence-corrected chi connectivity index (χ4v) is 3.41. The third kappa shape index (κ3) is 2.76. The summed E-state index contributed by atoms with van der Waals surface area (Å²) in [7, 11) is 0. The highest BCUT2D eigenvalue weighted by atomic mass is 16.7. The highest BCUT2D eigenvalue weighted by molar-refractivity contribution is 6.11. The Kier molecular flexibility index (Phi) is 4.25. The molecule has 25 heavy (non-hydrogen) atoms. The number of esters is 1. The van der Waals surface area contributed by atoms with E-state index in [1.54, 1.807) is 18.2 Å². The standard InChI is InChI=1S/C16H16N2O7/c1-8(19)12-10-7-11(20)13(17(10)14(12)21)16(22)25-15(18(23)24)9-5-3-2-4-6-9/h2-6,8,10,12-13,15,19H,7H2,1H3/t8-,10-,12-,13?,15?/m1/s1. The third-order valence-electron chi connectivity index (χ3n) is 4.55. The van der Waals surface area contributed by atoms with Gasteiger partial charge < -0.3 is 14.7 Å². The summed E-state index contributed by atoms with van der Waals surface area (Å²) in [6, 6.07) is 5.58. The summed E-state index contributed by atoms with van der Waals surface area (Å²) in [4.78, 5) is 48.1. The Balaban J connectivity index is 1.78. The molecule has 2 heterocycles. The van der Waals surface area contributed by atoms with Crippen LogP contribution in [0.4, 0.5) is 0 Å². The molecule has 9 heteroatoms. The number of benzene rings is 1. The van der Waals surface area contributed by atoms with Crippen LogP contribution in [0.15, 0.2) is 30.3 Å². The number of carbonyl (C=O) groups is 3. The van der Waals surface area contributed by atoms with Crippen molar-refractivity contribution in [2.24, 2.45) is 5.92 Å². The molecule has 1 aromatic rings. The number of hydrogen-bond acceptors (Lipinski definition) is 7.